The number of anilines is 1. The molecule has 204 valence electrons. The van der Waals surface area contributed by atoms with Gasteiger partial charge in [-0.2, -0.15) is 13.2 Å². The molecule has 2 aliphatic rings. The molecule has 1 aromatic carbocycles. The van der Waals surface area contributed by atoms with E-state index in [1.165, 1.54) is 12.5 Å². The van der Waals surface area contributed by atoms with Gasteiger partial charge in [-0.25, -0.2) is 0 Å². The standard InChI is InChI=1S/C28H35F3N6O/c1-36-18-34-35-27(36)26(20-5-3-6-20)21-7-4-8-22(14-21)32-16-25-24(28(29,30)31)13-19(15-33-25)17-37-11-9-23(38-2)10-12-37/h4,7-8,13-15,18,20,23,26,32H,3,5-6,9-12,16-17H2,1-2H3/t26-/m1/s1. The molecule has 5 rings (SSSR count). The number of benzene rings is 1. The fourth-order valence-electron chi connectivity index (χ4n) is 5.58. The van der Waals surface area contributed by atoms with E-state index in [4.69, 9.17) is 4.74 Å². The van der Waals surface area contributed by atoms with Crippen LogP contribution in [0.3, 0.4) is 0 Å². The van der Waals surface area contributed by atoms with Gasteiger partial charge in [-0.1, -0.05) is 18.6 Å². The lowest BCUT2D eigenvalue weighted by molar-refractivity contribution is -0.138. The summed E-state index contributed by atoms with van der Waals surface area (Å²) in [6.07, 6.45) is 4.26. The van der Waals surface area contributed by atoms with Crippen LogP contribution in [0.5, 0.6) is 0 Å². The van der Waals surface area contributed by atoms with Gasteiger partial charge >= 0.3 is 6.18 Å². The number of aryl methyl sites for hydroxylation is 1. The van der Waals surface area contributed by atoms with Gasteiger partial charge in [-0.3, -0.25) is 9.88 Å². The van der Waals surface area contributed by atoms with Crippen LogP contribution in [0.25, 0.3) is 0 Å². The van der Waals surface area contributed by atoms with Crippen molar-refractivity contribution in [3.63, 3.8) is 0 Å². The van der Waals surface area contributed by atoms with Crippen molar-refractivity contribution < 1.29 is 17.9 Å². The summed E-state index contributed by atoms with van der Waals surface area (Å²) in [5.41, 5.74) is 1.73. The topological polar surface area (TPSA) is 68.1 Å². The quantitative estimate of drug-likeness (QED) is 0.402. The highest BCUT2D eigenvalue weighted by Gasteiger charge is 2.35. The van der Waals surface area contributed by atoms with Gasteiger partial charge in [0.25, 0.3) is 0 Å². The first-order chi connectivity index (χ1) is 18.3. The zero-order valence-electron chi connectivity index (χ0n) is 21.9. The SMILES string of the molecule is COC1CCN(Cc2cnc(CNc3cccc([C@H](c4nncn4C)C4CCC4)c3)c(C(F)(F)F)c2)CC1. The van der Waals surface area contributed by atoms with Crippen molar-refractivity contribution in [2.75, 3.05) is 25.5 Å². The predicted molar refractivity (Wildman–Crippen MR) is 139 cm³/mol. The van der Waals surface area contributed by atoms with Gasteiger partial charge in [0.05, 0.1) is 23.9 Å². The lowest BCUT2D eigenvalue weighted by Crippen LogP contribution is -2.36. The van der Waals surface area contributed by atoms with Gasteiger partial charge in [0.2, 0.25) is 0 Å². The van der Waals surface area contributed by atoms with Crippen molar-refractivity contribution in [3.05, 3.63) is 71.1 Å². The van der Waals surface area contributed by atoms with E-state index in [0.29, 0.717) is 18.0 Å². The maximum absolute atomic E-state index is 14.0. The Hall–Kier alpha value is -2.98. The summed E-state index contributed by atoms with van der Waals surface area (Å²) < 4.78 is 49.4. The number of rotatable bonds is 9. The molecule has 1 saturated heterocycles. The van der Waals surface area contributed by atoms with Crippen LogP contribution in [0.2, 0.25) is 0 Å². The number of nitrogens with zero attached hydrogens (tertiary/aromatic N) is 5. The van der Waals surface area contributed by atoms with Crippen LogP contribution < -0.4 is 5.32 Å². The van der Waals surface area contributed by atoms with Gasteiger partial charge in [0.15, 0.2) is 0 Å². The number of nitrogens with one attached hydrogen (secondary N) is 1. The molecule has 3 aromatic rings. The summed E-state index contributed by atoms with van der Waals surface area (Å²) in [5, 5.41) is 11.6. The molecule has 1 aliphatic heterocycles. The predicted octanol–water partition coefficient (Wildman–Crippen LogP) is 5.38. The Balaban J connectivity index is 1.31. The Kier molecular flexibility index (Phi) is 7.99. The van der Waals surface area contributed by atoms with Gasteiger partial charge < -0.3 is 14.6 Å². The van der Waals surface area contributed by atoms with E-state index in [1.807, 2.05) is 29.8 Å². The summed E-state index contributed by atoms with van der Waals surface area (Å²) >= 11 is 0. The number of pyridine rings is 1. The Morgan fingerprint density at radius 1 is 1.13 bits per heavy atom. The molecule has 1 N–H and O–H groups in total. The largest absolute Gasteiger partial charge is 0.418 e. The zero-order valence-corrected chi connectivity index (χ0v) is 21.9. The Bertz CT molecular complexity index is 1220. The molecule has 0 unspecified atom stereocenters. The number of alkyl halides is 3. The molecule has 0 radical (unpaired) electrons. The molecule has 38 heavy (non-hydrogen) atoms. The van der Waals surface area contributed by atoms with Crippen LogP contribution in [0, 0.1) is 5.92 Å². The molecule has 0 amide bonds. The number of hydrogen-bond donors (Lipinski definition) is 1. The number of halogens is 3. The summed E-state index contributed by atoms with van der Waals surface area (Å²) in [6, 6.07) is 9.15. The van der Waals surface area contributed by atoms with Crippen molar-refractivity contribution in [1.29, 1.82) is 0 Å². The summed E-state index contributed by atoms with van der Waals surface area (Å²) in [7, 11) is 3.65. The highest BCUT2D eigenvalue weighted by atomic mass is 19.4. The first kappa shape index (κ1) is 26.6. The molecular weight excluding hydrogens is 493 g/mol. The number of piperidine rings is 1. The minimum atomic E-state index is -4.48. The average Bonchev–Trinajstić information content (AvgIpc) is 3.30. The second-order valence-corrected chi connectivity index (χ2v) is 10.5. The van der Waals surface area contributed by atoms with Crippen LogP contribution in [0.15, 0.2) is 42.9 Å². The summed E-state index contributed by atoms with van der Waals surface area (Å²) in [6.45, 7) is 2.04. The van der Waals surface area contributed by atoms with Crippen LogP contribution in [-0.4, -0.2) is 51.0 Å². The number of methoxy groups -OCH3 is 1. The average molecular weight is 529 g/mol. The number of likely N-dealkylation sites (tertiary alicyclic amines) is 1. The molecule has 2 aromatic heterocycles. The highest BCUT2D eigenvalue weighted by molar-refractivity contribution is 5.48. The summed E-state index contributed by atoms with van der Waals surface area (Å²) in [4.78, 5) is 6.42. The van der Waals surface area contributed by atoms with E-state index in [1.54, 1.807) is 19.6 Å². The lowest BCUT2D eigenvalue weighted by Gasteiger charge is -2.33. The van der Waals surface area contributed by atoms with Crippen LogP contribution in [0.4, 0.5) is 18.9 Å². The smallest absolute Gasteiger partial charge is 0.381 e. The Morgan fingerprint density at radius 2 is 1.92 bits per heavy atom. The first-order valence-corrected chi connectivity index (χ1v) is 13.3. The van der Waals surface area contributed by atoms with Gasteiger partial charge in [0, 0.05) is 51.6 Å². The monoisotopic (exact) mass is 528 g/mol. The second-order valence-electron chi connectivity index (χ2n) is 10.5. The third-order valence-corrected chi connectivity index (χ3v) is 7.96. The van der Waals surface area contributed by atoms with Crippen LogP contribution in [0.1, 0.15) is 66.2 Å². The maximum atomic E-state index is 14.0. The van der Waals surface area contributed by atoms with E-state index < -0.39 is 11.7 Å². The maximum Gasteiger partial charge on any atom is 0.418 e. The number of ether oxygens (including phenoxy) is 1. The van der Waals surface area contributed by atoms with E-state index in [2.05, 4.69) is 31.5 Å². The van der Waals surface area contributed by atoms with Crippen molar-refractivity contribution in [3.8, 4) is 0 Å². The molecule has 3 heterocycles. The third kappa shape index (κ3) is 6.02. The molecule has 0 spiro atoms. The minimum Gasteiger partial charge on any atom is -0.381 e. The third-order valence-electron chi connectivity index (χ3n) is 7.96. The van der Waals surface area contributed by atoms with Crippen molar-refractivity contribution in [2.45, 2.75) is 63.4 Å². The zero-order chi connectivity index (χ0) is 26.7. The van der Waals surface area contributed by atoms with E-state index in [9.17, 15) is 13.2 Å². The normalized spacial score (nSPS) is 18.3. The van der Waals surface area contributed by atoms with E-state index in [0.717, 1.165) is 55.8 Å². The Labute approximate surface area is 221 Å². The molecule has 2 fully saturated rings. The van der Waals surface area contributed by atoms with E-state index in [-0.39, 0.29) is 24.3 Å². The molecule has 10 heteroatoms. The van der Waals surface area contributed by atoms with Crippen LogP contribution in [-0.2, 0) is 31.1 Å². The number of aromatic nitrogens is 4. The van der Waals surface area contributed by atoms with Crippen molar-refractivity contribution in [2.24, 2.45) is 13.0 Å². The van der Waals surface area contributed by atoms with Crippen molar-refractivity contribution in [1.82, 2.24) is 24.6 Å². The lowest BCUT2D eigenvalue weighted by atomic mass is 9.72. The second kappa shape index (κ2) is 11.4. The van der Waals surface area contributed by atoms with Gasteiger partial charge in [0.1, 0.15) is 12.2 Å². The molecule has 7 nitrogen and oxygen atoms in total. The first-order valence-electron chi connectivity index (χ1n) is 13.3. The Morgan fingerprint density at radius 3 is 2.55 bits per heavy atom. The number of hydrogen-bond acceptors (Lipinski definition) is 6. The highest BCUT2D eigenvalue weighted by Crippen LogP contribution is 2.43. The van der Waals surface area contributed by atoms with Gasteiger partial charge in [-0.15, -0.1) is 10.2 Å². The summed E-state index contributed by atoms with van der Waals surface area (Å²) in [5.74, 6) is 1.50. The van der Waals surface area contributed by atoms with Crippen LogP contribution >= 0.6 is 0 Å². The molecule has 1 saturated carbocycles. The molecule has 1 atom stereocenters. The van der Waals surface area contributed by atoms with E-state index >= 15 is 0 Å². The molecule has 1 aliphatic carbocycles. The van der Waals surface area contributed by atoms with Gasteiger partial charge in [-0.05, 0) is 60.9 Å². The molecule has 0 bridgehead atoms. The minimum absolute atomic E-state index is 0.00594. The fourth-order valence-corrected chi connectivity index (χ4v) is 5.58. The van der Waals surface area contributed by atoms with Crippen molar-refractivity contribution >= 4 is 5.69 Å². The fraction of sp³-hybridized carbons (Fsp3) is 0.536. The molecular formula is C28H35F3N6O.